The van der Waals surface area contributed by atoms with Gasteiger partial charge >= 0.3 is 0 Å². The van der Waals surface area contributed by atoms with E-state index >= 15 is 0 Å². The number of nitrogens with one attached hydrogen (secondary N) is 1. The van der Waals surface area contributed by atoms with Crippen LogP contribution in [0.15, 0.2) is 73.2 Å². The molecule has 1 N–H and O–H groups in total. The van der Waals surface area contributed by atoms with E-state index in [1.54, 1.807) is 18.8 Å². The summed E-state index contributed by atoms with van der Waals surface area (Å²) in [6.45, 7) is -0.0234. The Kier molecular flexibility index (Phi) is 6.35. The SMILES string of the molecule is COc1ccc(-c2cccc(-n3cncc3C(=O)NCc3cc(F)cc(F)c3)c2)cc1OC. The molecule has 0 saturated carbocycles. The van der Waals surface area contributed by atoms with Crippen molar-refractivity contribution in [1.82, 2.24) is 14.9 Å². The molecule has 6 nitrogen and oxygen atoms in total. The normalized spacial score (nSPS) is 10.7. The van der Waals surface area contributed by atoms with E-state index < -0.39 is 17.5 Å². The molecule has 0 atom stereocenters. The smallest absolute Gasteiger partial charge is 0.270 e. The zero-order valence-corrected chi connectivity index (χ0v) is 18.0. The number of carbonyl (C=O) groups excluding carboxylic acids is 1. The van der Waals surface area contributed by atoms with Crippen molar-refractivity contribution in [3.63, 3.8) is 0 Å². The number of imidazole rings is 1. The fourth-order valence-electron chi connectivity index (χ4n) is 3.51. The fraction of sp³-hybridized carbons (Fsp3) is 0.120. The lowest BCUT2D eigenvalue weighted by atomic mass is 10.0. The third-order valence-electron chi connectivity index (χ3n) is 5.09. The zero-order valence-electron chi connectivity index (χ0n) is 18.0. The average molecular weight is 449 g/mol. The van der Waals surface area contributed by atoms with Gasteiger partial charge in [0.25, 0.3) is 5.91 Å². The molecule has 0 aliphatic rings. The first-order chi connectivity index (χ1) is 16.0. The molecule has 1 heterocycles. The van der Waals surface area contributed by atoms with Gasteiger partial charge in [-0.2, -0.15) is 0 Å². The number of carbonyl (C=O) groups is 1. The Morgan fingerprint density at radius 3 is 2.39 bits per heavy atom. The molecule has 8 heteroatoms. The highest BCUT2D eigenvalue weighted by Crippen LogP contribution is 2.33. The van der Waals surface area contributed by atoms with Gasteiger partial charge in [0.15, 0.2) is 11.5 Å². The van der Waals surface area contributed by atoms with E-state index in [0.29, 0.717) is 17.1 Å². The monoisotopic (exact) mass is 449 g/mol. The molecule has 0 fully saturated rings. The van der Waals surface area contributed by atoms with Crippen LogP contribution in [0.3, 0.4) is 0 Å². The van der Waals surface area contributed by atoms with Crippen LogP contribution in [-0.2, 0) is 6.54 Å². The molecule has 168 valence electrons. The van der Waals surface area contributed by atoms with Gasteiger partial charge in [-0.25, -0.2) is 13.8 Å². The maximum Gasteiger partial charge on any atom is 0.270 e. The molecule has 0 spiro atoms. The van der Waals surface area contributed by atoms with Crippen molar-refractivity contribution in [1.29, 1.82) is 0 Å². The number of hydrogen-bond donors (Lipinski definition) is 1. The Balaban J connectivity index is 1.58. The molecule has 0 aliphatic heterocycles. The first-order valence-electron chi connectivity index (χ1n) is 10.1. The number of methoxy groups -OCH3 is 2. The number of aromatic nitrogens is 2. The number of hydrogen-bond acceptors (Lipinski definition) is 4. The minimum Gasteiger partial charge on any atom is -0.493 e. The highest BCUT2D eigenvalue weighted by atomic mass is 19.1. The quantitative estimate of drug-likeness (QED) is 0.442. The molecule has 1 aromatic heterocycles. The van der Waals surface area contributed by atoms with E-state index in [-0.39, 0.29) is 12.2 Å². The predicted octanol–water partition coefficient (Wildman–Crippen LogP) is 4.76. The van der Waals surface area contributed by atoms with Crippen molar-refractivity contribution in [2.45, 2.75) is 6.54 Å². The first kappa shape index (κ1) is 22.0. The van der Waals surface area contributed by atoms with E-state index in [4.69, 9.17) is 9.47 Å². The Morgan fingerprint density at radius 1 is 0.939 bits per heavy atom. The van der Waals surface area contributed by atoms with Gasteiger partial charge in [0.05, 0.1) is 26.7 Å². The number of amides is 1. The van der Waals surface area contributed by atoms with Crippen LogP contribution < -0.4 is 14.8 Å². The van der Waals surface area contributed by atoms with Crippen LogP contribution in [0.2, 0.25) is 0 Å². The summed E-state index contributed by atoms with van der Waals surface area (Å²) >= 11 is 0. The Bertz CT molecular complexity index is 1280. The minimum absolute atomic E-state index is 0.0234. The van der Waals surface area contributed by atoms with Crippen molar-refractivity contribution in [3.8, 4) is 28.3 Å². The summed E-state index contributed by atoms with van der Waals surface area (Å²) in [6.07, 6.45) is 2.97. The maximum atomic E-state index is 13.4. The number of rotatable bonds is 7. The van der Waals surface area contributed by atoms with Crippen LogP contribution in [0.4, 0.5) is 8.78 Å². The zero-order chi connectivity index (χ0) is 23.4. The summed E-state index contributed by atoms with van der Waals surface area (Å²) in [6, 6.07) is 16.3. The second-order valence-electron chi connectivity index (χ2n) is 7.23. The van der Waals surface area contributed by atoms with Gasteiger partial charge in [-0.15, -0.1) is 0 Å². The van der Waals surface area contributed by atoms with Crippen molar-refractivity contribution in [2.24, 2.45) is 0 Å². The van der Waals surface area contributed by atoms with Crippen LogP contribution in [0.5, 0.6) is 11.5 Å². The number of halogens is 2. The third kappa shape index (κ3) is 4.85. The lowest BCUT2D eigenvalue weighted by Crippen LogP contribution is -2.25. The lowest BCUT2D eigenvalue weighted by Gasteiger charge is -2.12. The highest BCUT2D eigenvalue weighted by molar-refractivity contribution is 5.93. The summed E-state index contributed by atoms with van der Waals surface area (Å²) in [5.41, 5.74) is 3.15. The van der Waals surface area contributed by atoms with E-state index in [2.05, 4.69) is 10.3 Å². The number of nitrogens with zero attached hydrogens (tertiary/aromatic N) is 2. The largest absolute Gasteiger partial charge is 0.493 e. The maximum absolute atomic E-state index is 13.4. The van der Waals surface area contributed by atoms with Crippen LogP contribution in [0.25, 0.3) is 16.8 Å². The van der Waals surface area contributed by atoms with E-state index in [0.717, 1.165) is 22.9 Å². The van der Waals surface area contributed by atoms with Gasteiger partial charge in [-0.1, -0.05) is 18.2 Å². The molecule has 4 rings (SSSR count). The van der Waals surface area contributed by atoms with Gasteiger partial charge in [0, 0.05) is 18.3 Å². The summed E-state index contributed by atoms with van der Waals surface area (Å²) in [5.74, 6) is -0.581. The molecule has 0 saturated heterocycles. The summed E-state index contributed by atoms with van der Waals surface area (Å²) in [5, 5.41) is 2.68. The lowest BCUT2D eigenvalue weighted by molar-refractivity contribution is 0.0944. The van der Waals surface area contributed by atoms with Crippen LogP contribution >= 0.6 is 0 Å². The van der Waals surface area contributed by atoms with Gasteiger partial charge in [-0.05, 0) is 53.1 Å². The fourth-order valence-corrected chi connectivity index (χ4v) is 3.51. The second kappa shape index (κ2) is 9.52. The van der Waals surface area contributed by atoms with Gasteiger partial charge < -0.3 is 14.8 Å². The van der Waals surface area contributed by atoms with Crippen LogP contribution in [-0.4, -0.2) is 29.7 Å². The standard InChI is InChI=1S/C25H21F2N3O3/c1-32-23-7-6-18(11-24(23)33-2)17-4-3-5-21(10-17)30-15-28-14-22(30)25(31)29-13-16-8-19(26)12-20(27)9-16/h3-12,14-15H,13H2,1-2H3,(H,29,31). The molecule has 1 amide bonds. The molecule has 0 radical (unpaired) electrons. The van der Waals surface area contributed by atoms with Crippen LogP contribution in [0, 0.1) is 11.6 Å². The predicted molar refractivity (Wildman–Crippen MR) is 120 cm³/mol. The summed E-state index contributed by atoms with van der Waals surface area (Å²) in [7, 11) is 3.15. The Labute approximate surface area is 189 Å². The molecular formula is C25H21F2N3O3. The third-order valence-corrected chi connectivity index (χ3v) is 5.09. The number of benzene rings is 3. The molecule has 0 bridgehead atoms. The van der Waals surface area contributed by atoms with Crippen molar-refractivity contribution >= 4 is 5.91 Å². The molecule has 33 heavy (non-hydrogen) atoms. The first-order valence-corrected chi connectivity index (χ1v) is 10.1. The van der Waals surface area contributed by atoms with Crippen molar-refractivity contribution in [3.05, 3.63) is 96.1 Å². The van der Waals surface area contributed by atoms with E-state index in [1.807, 2.05) is 42.5 Å². The second-order valence-corrected chi connectivity index (χ2v) is 7.23. The topological polar surface area (TPSA) is 65.4 Å². The van der Waals surface area contributed by atoms with Crippen molar-refractivity contribution in [2.75, 3.05) is 14.2 Å². The van der Waals surface area contributed by atoms with E-state index in [1.165, 1.54) is 24.7 Å². The molecule has 0 aliphatic carbocycles. The molecular weight excluding hydrogens is 428 g/mol. The average Bonchev–Trinajstić information content (AvgIpc) is 3.32. The summed E-state index contributed by atoms with van der Waals surface area (Å²) < 4.78 is 39.1. The summed E-state index contributed by atoms with van der Waals surface area (Å²) in [4.78, 5) is 16.9. The van der Waals surface area contributed by atoms with Crippen molar-refractivity contribution < 1.29 is 23.0 Å². The molecule has 4 aromatic rings. The Morgan fingerprint density at radius 2 is 1.67 bits per heavy atom. The molecule has 3 aromatic carbocycles. The minimum atomic E-state index is -0.698. The van der Waals surface area contributed by atoms with Gasteiger partial charge in [-0.3, -0.25) is 9.36 Å². The Hall–Kier alpha value is -4.20. The highest BCUT2D eigenvalue weighted by Gasteiger charge is 2.14. The molecule has 0 unspecified atom stereocenters. The number of ether oxygens (including phenoxy) is 2. The van der Waals surface area contributed by atoms with E-state index in [9.17, 15) is 13.6 Å². The van der Waals surface area contributed by atoms with Crippen LogP contribution in [0.1, 0.15) is 16.1 Å². The van der Waals surface area contributed by atoms with Gasteiger partial charge in [0.2, 0.25) is 0 Å². The van der Waals surface area contributed by atoms with Gasteiger partial charge in [0.1, 0.15) is 17.3 Å².